The number of hydrogen-bond donors (Lipinski definition) is 0. The Balaban J connectivity index is 1.14. The number of benzene rings is 8. The van der Waals surface area contributed by atoms with Crippen molar-refractivity contribution in [2.24, 2.45) is 0 Å². The Hall–Kier alpha value is -6.91. The number of aromatic nitrogens is 3. The molecule has 238 valence electrons. The first kappa shape index (κ1) is 29.0. The summed E-state index contributed by atoms with van der Waals surface area (Å²) in [6.45, 7) is 0. The standard InChI is InChI=1S/C47H29N3O/c1-3-13-31(14-4-1)38-20-11-18-36-29-40(43-39-19-9-10-21-41(39)51-44(43)42(36)38)32-23-25-34(26-24-32)46-48-45(33-15-5-2-6-16-33)49-47(50-46)37-27-22-30-12-7-8-17-35(30)28-37/h1-29H. The normalized spacial score (nSPS) is 11.5. The molecule has 0 aliphatic carbocycles. The third-order valence-corrected chi connectivity index (χ3v) is 9.70. The molecule has 0 aliphatic heterocycles. The van der Waals surface area contributed by atoms with Gasteiger partial charge < -0.3 is 4.42 Å². The molecule has 0 atom stereocenters. The third-order valence-electron chi connectivity index (χ3n) is 9.70. The van der Waals surface area contributed by atoms with Gasteiger partial charge in [0.25, 0.3) is 0 Å². The molecule has 0 unspecified atom stereocenters. The fourth-order valence-electron chi connectivity index (χ4n) is 7.22. The van der Waals surface area contributed by atoms with E-state index in [0.29, 0.717) is 17.5 Å². The van der Waals surface area contributed by atoms with Crippen LogP contribution in [0.2, 0.25) is 0 Å². The van der Waals surface area contributed by atoms with Crippen molar-refractivity contribution < 1.29 is 4.42 Å². The fraction of sp³-hybridized carbons (Fsp3) is 0. The number of nitrogens with zero attached hydrogens (tertiary/aromatic N) is 3. The molecule has 0 radical (unpaired) electrons. The first-order chi connectivity index (χ1) is 25.3. The maximum absolute atomic E-state index is 6.69. The van der Waals surface area contributed by atoms with Crippen LogP contribution in [0.4, 0.5) is 0 Å². The van der Waals surface area contributed by atoms with E-state index in [0.717, 1.165) is 77.0 Å². The summed E-state index contributed by atoms with van der Waals surface area (Å²) >= 11 is 0. The highest BCUT2D eigenvalue weighted by Crippen LogP contribution is 2.44. The lowest BCUT2D eigenvalue weighted by Gasteiger charge is -2.12. The molecule has 0 spiro atoms. The predicted molar refractivity (Wildman–Crippen MR) is 209 cm³/mol. The van der Waals surface area contributed by atoms with Crippen molar-refractivity contribution in [2.75, 3.05) is 0 Å². The molecular weight excluding hydrogens is 623 g/mol. The average molecular weight is 652 g/mol. The monoisotopic (exact) mass is 651 g/mol. The third kappa shape index (κ3) is 5.04. The van der Waals surface area contributed by atoms with Gasteiger partial charge in [0.15, 0.2) is 17.5 Å². The lowest BCUT2D eigenvalue weighted by Crippen LogP contribution is -2.00. The van der Waals surface area contributed by atoms with Crippen molar-refractivity contribution in [2.45, 2.75) is 0 Å². The minimum absolute atomic E-state index is 0.628. The first-order valence-electron chi connectivity index (χ1n) is 17.1. The van der Waals surface area contributed by atoms with E-state index < -0.39 is 0 Å². The Morgan fingerprint density at radius 3 is 1.65 bits per heavy atom. The summed E-state index contributed by atoms with van der Waals surface area (Å²) in [6.07, 6.45) is 0. The van der Waals surface area contributed by atoms with Crippen molar-refractivity contribution in [1.29, 1.82) is 0 Å². The van der Waals surface area contributed by atoms with Crippen LogP contribution in [-0.4, -0.2) is 15.0 Å². The Labute approximate surface area is 294 Å². The average Bonchev–Trinajstić information content (AvgIpc) is 3.61. The van der Waals surface area contributed by atoms with Gasteiger partial charge in [-0.2, -0.15) is 0 Å². The summed E-state index contributed by atoms with van der Waals surface area (Å²) in [6, 6.07) is 61.0. The molecule has 10 aromatic rings. The number of fused-ring (bicyclic) bond motifs is 6. The Bertz CT molecular complexity index is 2900. The zero-order valence-corrected chi connectivity index (χ0v) is 27.5. The zero-order chi connectivity index (χ0) is 33.7. The second kappa shape index (κ2) is 11.9. The van der Waals surface area contributed by atoms with Crippen LogP contribution in [-0.2, 0) is 0 Å². The summed E-state index contributed by atoms with van der Waals surface area (Å²) in [4.78, 5) is 15.0. The van der Waals surface area contributed by atoms with Gasteiger partial charge in [-0.05, 0) is 56.6 Å². The number of hydrogen-bond acceptors (Lipinski definition) is 4. The summed E-state index contributed by atoms with van der Waals surface area (Å²) in [5.41, 5.74) is 9.12. The van der Waals surface area contributed by atoms with E-state index in [1.165, 1.54) is 5.39 Å². The number of para-hydroxylation sites is 1. The van der Waals surface area contributed by atoms with Crippen molar-refractivity contribution in [1.82, 2.24) is 15.0 Å². The molecule has 0 fully saturated rings. The van der Waals surface area contributed by atoms with Gasteiger partial charge in [0.1, 0.15) is 11.2 Å². The van der Waals surface area contributed by atoms with Gasteiger partial charge in [-0.1, -0.05) is 158 Å². The highest BCUT2D eigenvalue weighted by Gasteiger charge is 2.19. The maximum atomic E-state index is 6.69. The molecule has 0 saturated heterocycles. The molecule has 0 bridgehead atoms. The summed E-state index contributed by atoms with van der Waals surface area (Å²) < 4.78 is 6.69. The molecule has 0 N–H and O–H groups in total. The second-order valence-corrected chi connectivity index (χ2v) is 12.8. The van der Waals surface area contributed by atoms with Crippen LogP contribution in [0.3, 0.4) is 0 Å². The molecule has 0 saturated carbocycles. The molecule has 4 nitrogen and oxygen atoms in total. The van der Waals surface area contributed by atoms with Gasteiger partial charge in [0.2, 0.25) is 0 Å². The Kier molecular flexibility index (Phi) is 6.78. The predicted octanol–water partition coefficient (Wildman–Crippen LogP) is 12.4. The molecule has 4 heteroatoms. The van der Waals surface area contributed by atoms with E-state index in [9.17, 15) is 0 Å². The molecular formula is C47H29N3O. The van der Waals surface area contributed by atoms with Crippen molar-refractivity contribution in [3.05, 3.63) is 176 Å². The molecule has 2 heterocycles. The minimum Gasteiger partial charge on any atom is -0.455 e. The van der Waals surface area contributed by atoms with E-state index in [-0.39, 0.29) is 0 Å². The van der Waals surface area contributed by atoms with Crippen molar-refractivity contribution >= 4 is 43.5 Å². The van der Waals surface area contributed by atoms with Crippen LogP contribution < -0.4 is 0 Å². The largest absolute Gasteiger partial charge is 0.455 e. The van der Waals surface area contributed by atoms with E-state index in [1.807, 2.05) is 36.4 Å². The van der Waals surface area contributed by atoms with Crippen LogP contribution in [0.25, 0.3) is 99.9 Å². The SMILES string of the molecule is c1ccc(-c2nc(-c3ccc(-c4cc5cccc(-c6ccccc6)c5c5oc6ccccc6c45)cc3)nc(-c3ccc4ccccc4c3)n2)cc1. The van der Waals surface area contributed by atoms with Crippen LogP contribution in [0.15, 0.2) is 180 Å². The molecule has 51 heavy (non-hydrogen) atoms. The van der Waals surface area contributed by atoms with E-state index in [2.05, 4.69) is 140 Å². The van der Waals surface area contributed by atoms with Gasteiger partial charge in [-0.3, -0.25) is 0 Å². The van der Waals surface area contributed by atoms with Gasteiger partial charge in [0, 0.05) is 32.8 Å². The summed E-state index contributed by atoms with van der Waals surface area (Å²) in [5, 5.41) is 6.79. The minimum atomic E-state index is 0.628. The molecule has 0 amide bonds. The first-order valence-corrected chi connectivity index (χ1v) is 17.1. The highest BCUT2D eigenvalue weighted by atomic mass is 16.3. The van der Waals surface area contributed by atoms with Crippen LogP contribution in [0.1, 0.15) is 0 Å². The lowest BCUT2D eigenvalue weighted by atomic mass is 9.91. The maximum Gasteiger partial charge on any atom is 0.164 e. The number of furan rings is 1. The smallest absolute Gasteiger partial charge is 0.164 e. The van der Waals surface area contributed by atoms with E-state index in [1.54, 1.807) is 0 Å². The van der Waals surface area contributed by atoms with E-state index in [4.69, 9.17) is 19.4 Å². The van der Waals surface area contributed by atoms with Crippen molar-refractivity contribution in [3.63, 3.8) is 0 Å². The summed E-state index contributed by atoms with van der Waals surface area (Å²) in [5.74, 6) is 1.91. The Morgan fingerprint density at radius 2 is 0.882 bits per heavy atom. The molecule has 10 rings (SSSR count). The molecule has 8 aromatic carbocycles. The lowest BCUT2D eigenvalue weighted by molar-refractivity contribution is 0.673. The molecule has 2 aromatic heterocycles. The second-order valence-electron chi connectivity index (χ2n) is 12.8. The van der Waals surface area contributed by atoms with Gasteiger partial charge >= 0.3 is 0 Å². The molecule has 0 aliphatic rings. The fourth-order valence-corrected chi connectivity index (χ4v) is 7.22. The van der Waals surface area contributed by atoms with Crippen molar-refractivity contribution in [3.8, 4) is 56.4 Å². The quantitative estimate of drug-likeness (QED) is 0.186. The van der Waals surface area contributed by atoms with Crippen LogP contribution in [0.5, 0.6) is 0 Å². The summed E-state index contributed by atoms with van der Waals surface area (Å²) in [7, 11) is 0. The van der Waals surface area contributed by atoms with E-state index >= 15 is 0 Å². The zero-order valence-electron chi connectivity index (χ0n) is 27.5. The van der Waals surface area contributed by atoms with Gasteiger partial charge in [-0.25, -0.2) is 15.0 Å². The topological polar surface area (TPSA) is 51.8 Å². The van der Waals surface area contributed by atoms with Crippen LogP contribution in [0, 0.1) is 0 Å². The van der Waals surface area contributed by atoms with Gasteiger partial charge in [0.05, 0.1) is 0 Å². The van der Waals surface area contributed by atoms with Gasteiger partial charge in [-0.15, -0.1) is 0 Å². The Morgan fingerprint density at radius 1 is 0.333 bits per heavy atom. The number of rotatable bonds is 5. The highest BCUT2D eigenvalue weighted by molar-refractivity contribution is 6.24. The van der Waals surface area contributed by atoms with Crippen LogP contribution >= 0.6 is 0 Å².